The first-order chi connectivity index (χ1) is 22.6. The lowest BCUT2D eigenvalue weighted by Gasteiger charge is -2.27. The molecule has 0 bridgehead atoms. The Hall–Kier alpha value is -4.53. The van der Waals surface area contributed by atoms with Crippen LogP contribution in [0.1, 0.15) is 16.7 Å². The molecular weight excluding hydrogens is 641 g/mol. The van der Waals surface area contributed by atoms with E-state index in [4.69, 9.17) is 11.5 Å². The number of nitrogens with one attached hydrogen (secondary N) is 4. The molecule has 14 heteroatoms. The van der Waals surface area contributed by atoms with E-state index in [9.17, 15) is 29.1 Å². The van der Waals surface area contributed by atoms with E-state index >= 15 is 0 Å². The van der Waals surface area contributed by atoms with Gasteiger partial charge in [-0.2, -0.15) is 0 Å². The minimum atomic E-state index is -1.12. The Morgan fingerprint density at radius 2 is 1.26 bits per heavy atom. The molecule has 0 aromatic heterocycles. The fourth-order valence-electron chi connectivity index (χ4n) is 4.80. The number of amides is 5. The van der Waals surface area contributed by atoms with Crippen LogP contribution in [0.5, 0.6) is 5.75 Å². The van der Waals surface area contributed by atoms with Gasteiger partial charge >= 0.3 is 0 Å². The van der Waals surface area contributed by atoms with Crippen molar-refractivity contribution >= 4 is 51.1 Å². The summed E-state index contributed by atoms with van der Waals surface area (Å²) < 4.78 is 0. The van der Waals surface area contributed by atoms with E-state index < -0.39 is 59.7 Å². The van der Waals surface area contributed by atoms with Crippen LogP contribution in [0.25, 0.3) is 0 Å². The van der Waals surface area contributed by atoms with Gasteiger partial charge in [0, 0.05) is 24.3 Å². The molecule has 248 valence electrons. The van der Waals surface area contributed by atoms with Gasteiger partial charge in [-0.25, -0.2) is 0 Å². The van der Waals surface area contributed by atoms with Gasteiger partial charge in [-0.1, -0.05) is 94.4 Å². The van der Waals surface area contributed by atoms with Crippen molar-refractivity contribution in [2.75, 3.05) is 11.5 Å². The summed E-state index contributed by atoms with van der Waals surface area (Å²) in [6.07, 6.45) is 0.379. The first kappa shape index (κ1) is 35.3. The van der Waals surface area contributed by atoms with Gasteiger partial charge in [-0.15, -0.1) is 0 Å². The van der Waals surface area contributed by atoms with Crippen molar-refractivity contribution in [2.24, 2.45) is 11.5 Å². The number of carbonyl (C=O) groups excluding carboxylic acids is 5. The summed E-state index contributed by atoms with van der Waals surface area (Å²) in [6.45, 7) is 0. The molecule has 4 rings (SSSR count). The van der Waals surface area contributed by atoms with Gasteiger partial charge in [0.25, 0.3) is 0 Å². The van der Waals surface area contributed by atoms with Crippen LogP contribution >= 0.6 is 21.6 Å². The number of hydrogen-bond donors (Lipinski definition) is 7. The summed E-state index contributed by atoms with van der Waals surface area (Å²) in [7, 11) is 2.40. The number of benzene rings is 3. The minimum Gasteiger partial charge on any atom is -0.508 e. The van der Waals surface area contributed by atoms with E-state index in [1.54, 1.807) is 24.3 Å². The van der Waals surface area contributed by atoms with Gasteiger partial charge in [0.2, 0.25) is 29.5 Å². The zero-order valence-corrected chi connectivity index (χ0v) is 27.1. The number of phenols is 1. The molecule has 0 aliphatic carbocycles. The molecule has 0 spiro atoms. The van der Waals surface area contributed by atoms with Gasteiger partial charge in [0.05, 0.1) is 6.04 Å². The average Bonchev–Trinajstić information content (AvgIpc) is 3.06. The fourth-order valence-corrected chi connectivity index (χ4v) is 7.14. The van der Waals surface area contributed by atoms with Crippen LogP contribution < -0.4 is 32.7 Å². The van der Waals surface area contributed by atoms with Crippen LogP contribution in [0.4, 0.5) is 0 Å². The van der Waals surface area contributed by atoms with Crippen molar-refractivity contribution in [3.8, 4) is 5.75 Å². The SMILES string of the molecule is NC(=O)[C@@H]1CSSC[C@@H](NC(=O)[C@@H](N)Cc2ccc(O)cc2)C(=O)N[C@@H](Cc2ccccc2)C(=O)N[C@H](Cc2ccccc2)C(=O)N1. The summed E-state index contributed by atoms with van der Waals surface area (Å²) in [4.78, 5) is 66.5. The Morgan fingerprint density at radius 3 is 1.81 bits per heavy atom. The van der Waals surface area contributed by atoms with E-state index in [0.717, 1.165) is 16.7 Å². The zero-order chi connectivity index (χ0) is 33.8. The molecule has 5 atom stereocenters. The summed E-state index contributed by atoms with van der Waals surface area (Å²) in [5.74, 6) is -2.95. The van der Waals surface area contributed by atoms with Gasteiger partial charge < -0.3 is 37.8 Å². The van der Waals surface area contributed by atoms with Crippen molar-refractivity contribution in [1.82, 2.24) is 21.3 Å². The monoisotopic (exact) mass is 678 g/mol. The lowest BCUT2D eigenvalue weighted by molar-refractivity contribution is -0.134. The minimum absolute atomic E-state index is 0.0594. The number of nitrogens with two attached hydrogens (primary N) is 2. The average molecular weight is 679 g/mol. The third-order valence-corrected chi connectivity index (χ3v) is 9.83. The van der Waals surface area contributed by atoms with Crippen LogP contribution in [0.3, 0.4) is 0 Å². The second-order valence-corrected chi connectivity index (χ2v) is 13.6. The third-order valence-electron chi connectivity index (χ3n) is 7.41. The van der Waals surface area contributed by atoms with Crippen molar-refractivity contribution in [1.29, 1.82) is 0 Å². The van der Waals surface area contributed by atoms with E-state index in [-0.39, 0.29) is 36.5 Å². The highest BCUT2D eigenvalue weighted by molar-refractivity contribution is 8.76. The lowest BCUT2D eigenvalue weighted by atomic mass is 10.0. The van der Waals surface area contributed by atoms with E-state index in [1.807, 2.05) is 48.5 Å². The number of primary amides is 1. The van der Waals surface area contributed by atoms with Crippen molar-refractivity contribution in [3.05, 3.63) is 102 Å². The molecular formula is C33H38N6O6S2. The highest BCUT2D eigenvalue weighted by atomic mass is 33.1. The van der Waals surface area contributed by atoms with E-state index in [2.05, 4.69) is 21.3 Å². The molecule has 47 heavy (non-hydrogen) atoms. The molecule has 0 unspecified atom stereocenters. The molecule has 0 saturated carbocycles. The van der Waals surface area contributed by atoms with Crippen molar-refractivity contribution < 1.29 is 29.1 Å². The largest absolute Gasteiger partial charge is 0.508 e. The quantitative estimate of drug-likeness (QED) is 0.158. The van der Waals surface area contributed by atoms with Crippen LogP contribution in [0.2, 0.25) is 0 Å². The highest BCUT2D eigenvalue weighted by Gasteiger charge is 2.33. The lowest BCUT2D eigenvalue weighted by Crippen LogP contribution is -2.60. The summed E-state index contributed by atoms with van der Waals surface area (Å²) >= 11 is 0. The van der Waals surface area contributed by atoms with E-state index in [1.165, 1.54) is 33.7 Å². The van der Waals surface area contributed by atoms with Gasteiger partial charge in [-0.3, -0.25) is 24.0 Å². The van der Waals surface area contributed by atoms with Crippen LogP contribution in [0.15, 0.2) is 84.9 Å². The van der Waals surface area contributed by atoms with Gasteiger partial charge in [-0.05, 0) is 35.2 Å². The van der Waals surface area contributed by atoms with Gasteiger partial charge in [0.15, 0.2) is 0 Å². The number of hydrogen-bond acceptors (Lipinski definition) is 9. The Labute approximate surface area is 280 Å². The normalized spacial score (nSPS) is 21.7. The molecule has 12 nitrogen and oxygen atoms in total. The number of phenolic OH excluding ortho intramolecular Hbond substituents is 1. The second-order valence-electron chi connectivity index (χ2n) is 11.1. The predicted molar refractivity (Wildman–Crippen MR) is 182 cm³/mol. The Bertz CT molecular complexity index is 1530. The first-order valence-electron chi connectivity index (χ1n) is 15.0. The molecule has 1 heterocycles. The molecule has 1 aliphatic rings. The molecule has 5 amide bonds. The maximum Gasteiger partial charge on any atom is 0.244 e. The number of rotatable bonds is 9. The third kappa shape index (κ3) is 11.0. The Morgan fingerprint density at radius 1 is 0.745 bits per heavy atom. The van der Waals surface area contributed by atoms with Crippen LogP contribution in [0, 0.1) is 0 Å². The topological polar surface area (TPSA) is 206 Å². The molecule has 1 aliphatic heterocycles. The number of aromatic hydroxyl groups is 1. The van der Waals surface area contributed by atoms with Gasteiger partial charge in [0.1, 0.15) is 29.9 Å². The molecule has 0 radical (unpaired) electrons. The summed E-state index contributed by atoms with van der Waals surface area (Å²) in [5, 5.41) is 20.5. The zero-order valence-electron chi connectivity index (χ0n) is 25.5. The molecule has 3 aromatic carbocycles. The number of carbonyl (C=O) groups is 5. The molecule has 9 N–H and O–H groups in total. The van der Waals surface area contributed by atoms with Crippen LogP contribution in [-0.4, -0.2) is 76.4 Å². The Balaban J connectivity index is 1.59. The summed E-state index contributed by atoms with van der Waals surface area (Å²) in [5.41, 5.74) is 14.0. The van der Waals surface area contributed by atoms with E-state index in [0.29, 0.717) is 0 Å². The smallest absolute Gasteiger partial charge is 0.244 e. The Kier molecular flexibility index (Phi) is 13.1. The first-order valence-corrected chi connectivity index (χ1v) is 17.4. The maximum atomic E-state index is 13.8. The molecule has 1 saturated heterocycles. The highest BCUT2D eigenvalue weighted by Crippen LogP contribution is 2.24. The maximum absolute atomic E-state index is 13.8. The predicted octanol–water partition coefficient (Wildman–Crippen LogP) is 0.567. The molecule has 3 aromatic rings. The summed E-state index contributed by atoms with van der Waals surface area (Å²) in [6, 6.07) is 19.0. The fraction of sp³-hybridized carbons (Fsp3) is 0.303. The van der Waals surface area contributed by atoms with Crippen molar-refractivity contribution in [2.45, 2.75) is 49.5 Å². The second kappa shape index (κ2) is 17.4. The van der Waals surface area contributed by atoms with Crippen LogP contribution in [-0.2, 0) is 43.2 Å². The molecule has 1 fully saturated rings. The van der Waals surface area contributed by atoms with Crippen molar-refractivity contribution in [3.63, 3.8) is 0 Å². The standard InChI is InChI=1S/C33H38N6O6S2/c34-24(15-22-11-13-23(40)14-12-22)30(42)39-28-19-47-46-18-27(29(35)41)38-32(44)26(17-21-9-5-2-6-10-21)36-31(43)25(37-33(28)45)16-20-7-3-1-4-8-20/h1-14,24-28,40H,15-19,34H2,(H2,35,41)(H,36,43)(H,37,45)(H,38,44)(H,39,42)/t24-,25-,26+,27-,28+/m0/s1.